The Balaban J connectivity index is 0.925. The summed E-state index contributed by atoms with van der Waals surface area (Å²) in [5, 5.41) is 16.5. The number of nitrogens with zero attached hydrogens (tertiary/aromatic N) is 3. The van der Waals surface area contributed by atoms with Gasteiger partial charge in [-0.2, -0.15) is 0 Å². The van der Waals surface area contributed by atoms with Crippen LogP contribution in [-0.2, 0) is 14.4 Å². The highest BCUT2D eigenvalue weighted by atomic mass is 32.2. The molecule has 0 spiro atoms. The molecular weight excluding hydrogens is 878 g/mol. The van der Waals surface area contributed by atoms with Crippen molar-refractivity contribution >= 4 is 64.7 Å². The monoisotopic (exact) mass is 937 g/mol. The van der Waals surface area contributed by atoms with Gasteiger partial charge in [0.2, 0.25) is 17.7 Å². The van der Waals surface area contributed by atoms with E-state index in [2.05, 4.69) is 43.8 Å². The van der Waals surface area contributed by atoms with Crippen molar-refractivity contribution in [3.05, 3.63) is 78.1 Å². The van der Waals surface area contributed by atoms with E-state index in [1.165, 1.54) is 29.8 Å². The van der Waals surface area contributed by atoms with Crippen molar-refractivity contribution in [1.29, 1.82) is 0 Å². The molecule has 0 aliphatic carbocycles. The van der Waals surface area contributed by atoms with Gasteiger partial charge in [-0.15, -0.1) is 23.5 Å². The van der Waals surface area contributed by atoms with Crippen LogP contribution in [0.5, 0.6) is 17.2 Å². The van der Waals surface area contributed by atoms with Gasteiger partial charge in [0.25, 0.3) is 0 Å². The second-order valence-electron chi connectivity index (χ2n) is 16.3. The number of piperazine rings is 1. The van der Waals surface area contributed by atoms with Crippen LogP contribution < -0.4 is 51.0 Å². The zero-order chi connectivity index (χ0) is 46.5. The van der Waals surface area contributed by atoms with Gasteiger partial charge in [0.15, 0.2) is 0 Å². The van der Waals surface area contributed by atoms with Crippen LogP contribution in [0.2, 0.25) is 0 Å². The molecule has 0 saturated carbocycles. The molecule has 3 aromatic rings. The summed E-state index contributed by atoms with van der Waals surface area (Å²) in [6.45, 7) is 7.78. The van der Waals surface area contributed by atoms with Gasteiger partial charge in [-0.1, -0.05) is 19.1 Å². The molecule has 6 rings (SSSR count). The fourth-order valence-electron chi connectivity index (χ4n) is 7.37. The Morgan fingerprint density at radius 2 is 1.71 bits per heavy atom. The number of anilines is 2. The molecule has 7 amide bonds. The number of halogens is 1. The highest BCUT2D eigenvalue weighted by Crippen LogP contribution is 2.30. The van der Waals surface area contributed by atoms with Gasteiger partial charge >= 0.3 is 12.1 Å². The molecule has 6 N–H and O–H groups in total. The lowest BCUT2D eigenvalue weighted by molar-refractivity contribution is -0.133. The molecular formula is C45H60FN9O8S2. The molecule has 3 saturated heterocycles. The smallest absolute Gasteiger partial charge is 0.321 e. The summed E-state index contributed by atoms with van der Waals surface area (Å²) in [5.41, 5.74) is 1.17. The first-order valence-electron chi connectivity index (χ1n) is 21.7. The number of amides is 7. The number of likely N-dealkylation sites (N-methyl/N-ethyl adjacent to an activating group) is 1. The van der Waals surface area contributed by atoms with Gasteiger partial charge in [0.1, 0.15) is 41.8 Å². The van der Waals surface area contributed by atoms with Crippen molar-refractivity contribution in [3.8, 4) is 17.2 Å². The van der Waals surface area contributed by atoms with Crippen molar-refractivity contribution in [2.75, 3.05) is 83.1 Å². The predicted octanol–water partition coefficient (Wildman–Crippen LogP) is 4.56. The second-order valence-corrected chi connectivity index (χ2v) is 18.8. The topological polar surface area (TPSA) is 195 Å². The fourth-order valence-corrected chi connectivity index (χ4v) is 9.82. The Hall–Kier alpha value is -5.44. The number of ether oxygens (including phenoxy) is 3. The number of urea groups is 2. The minimum Gasteiger partial charge on any atom is -0.497 e. The first-order chi connectivity index (χ1) is 31.2. The maximum absolute atomic E-state index is 14.9. The van der Waals surface area contributed by atoms with Gasteiger partial charge in [-0.3, -0.25) is 19.7 Å². The van der Waals surface area contributed by atoms with Crippen molar-refractivity contribution in [1.82, 2.24) is 36.4 Å². The van der Waals surface area contributed by atoms with E-state index in [0.717, 1.165) is 31.9 Å². The molecule has 0 aromatic heterocycles. The largest absolute Gasteiger partial charge is 0.497 e. The zero-order valence-electron chi connectivity index (χ0n) is 37.4. The van der Waals surface area contributed by atoms with Gasteiger partial charge in [0, 0.05) is 99.4 Å². The average Bonchev–Trinajstić information content (AvgIpc) is 3.73. The van der Waals surface area contributed by atoms with Crippen LogP contribution in [0.3, 0.4) is 0 Å². The first kappa shape index (κ1) is 49.0. The van der Waals surface area contributed by atoms with Crippen LogP contribution in [0.15, 0.2) is 66.7 Å². The molecule has 4 unspecified atom stereocenters. The Labute approximate surface area is 388 Å². The molecule has 17 nitrogen and oxygen atoms in total. The lowest BCUT2D eigenvalue weighted by Gasteiger charge is -2.33. The number of methoxy groups -OCH3 is 1. The van der Waals surface area contributed by atoms with E-state index >= 15 is 0 Å². The Morgan fingerprint density at radius 3 is 2.43 bits per heavy atom. The summed E-state index contributed by atoms with van der Waals surface area (Å²) < 4.78 is 31.8. The third-order valence-electron chi connectivity index (χ3n) is 11.3. The second kappa shape index (κ2) is 23.7. The quantitative estimate of drug-likeness (QED) is 0.0920. The molecule has 3 aromatic carbocycles. The summed E-state index contributed by atoms with van der Waals surface area (Å²) in [6, 6.07) is 17.1. The number of nitrogens with one attached hydrogen (secondary N) is 6. The van der Waals surface area contributed by atoms with E-state index in [9.17, 15) is 28.4 Å². The molecule has 0 bridgehead atoms. The lowest BCUT2D eigenvalue weighted by Crippen LogP contribution is -2.53. The normalized spacial score (nSPS) is 20.6. The highest BCUT2D eigenvalue weighted by molar-refractivity contribution is 8.01. The lowest BCUT2D eigenvalue weighted by atomic mass is 10.1. The molecule has 3 fully saturated rings. The summed E-state index contributed by atoms with van der Waals surface area (Å²) in [7, 11) is 5.16. The van der Waals surface area contributed by atoms with Gasteiger partial charge in [-0.25, -0.2) is 14.0 Å². The minimum atomic E-state index is -0.729. The molecule has 3 heterocycles. The number of thioether (sulfide) groups is 2. The summed E-state index contributed by atoms with van der Waals surface area (Å²) in [6.07, 6.45) is 0.596. The molecule has 352 valence electrons. The molecule has 3 aliphatic heterocycles. The van der Waals surface area contributed by atoms with E-state index in [-0.39, 0.29) is 78.7 Å². The number of carbonyl (C=O) groups is 5. The minimum absolute atomic E-state index is 0.00488. The average molecular weight is 938 g/mol. The third-order valence-corrected chi connectivity index (χ3v) is 14.2. The third kappa shape index (κ3) is 14.5. The summed E-state index contributed by atoms with van der Waals surface area (Å²) in [4.78, 5) is 70.5. The zero-order valence-corrected chi connectivity index (χ0v) is 39.0. The van der Waals surface area contributed by atoms with Crippen molar-refractivity contribution < 1.29 is 42.6 Å². The van der Waals surface area contributed by atoms with Crippen LogP contribution >= 0.6 is 23.5 Å². The molecule has 65 heavy (non-hydrogen) atoms. The van der Waals surface area contributed by atoms with Crippen LogP contribution in [0.1, 0.15) is 44.7 Å². The predicted molar refractivity (Wildman–Crippen MR) is 251 cm³/mol. The number of rotatable bonds is 19. The van der Waals surface area contributed by atoms with E-state index in [1.807, 2.05) is 11.8 Å². The van der Waals surface area contributed by atoms with E-state index in [0.29, 0.717) is 47.2 Å². The maximum Gasteiger partial charge on any atom is 0.321 e. The van der Waals surface area contributed by atoms with Crippen LogP contribution in [0, 0.1) is 11.7 Å². The van der Waals surface area contributed by atoms with Crippen LogP contribution in [0.4, 0.5) is 25.4 Å². The Morgan fingerprint density at radius 1 is 0.985 bits per heavy atom. The van der Waals surface area contributed by atoms with Crippen LogP contribution in [0.25, 0.3) is 0 Å². The van der Waals surface area contributed by atoms with Gasteiger partial charge < -0.3 is 55.5 Å². The summed E-state index contributed by atoms with van der Waals surface area (Å²) >= 11 is 2.83. The van der Waals surface area contributed by atoms with Crippen molar-refractivity contribution in [3.63, 3.8) is 0 Å². The molecule has 20 heteroatoms. The maximum atomic E-state index is 14.9. The van der Waals surface area contributed by atoms with Gasteiger partial charge in [0.05, 0.1) is 23.8 Å². The number of hydrogen-bond donors (Lipinski definition) is 6. The van der Waals surface area contributed by atoms with Crippen LogP contribution in [-0.4, -0.2) is 135 Å². The van der Waals surface area contributed by atoms with E-state index in [4.69, 9.17) is 14.2 Å². The first-order valence-corrected chi connectivity index (χ1v) is 23.7. The Kier molecular flexibility index (Phi) is 17.8. The number of benzene rings is 3. The van der Waals surface area contributed by atoms with Gasteiger partial charge in [-0.05, 0) is 62.9 Å². The van der Waals surface area contributed by atoms with Crippen molar-refractivity contribution in [2.24, 2.45) is 5.92 Å². The number of carbonyl (C=O) groups excluding carboxylic acids is 5. The number of hydrogen-bond acceptors (Lipinski definition) is 12. The fraction of sp³-hybridized carbons (Fsp3) is 0.489. The standard InChI is InChI=1S/C45H60FN9O8S2/c1-28-26-47-43(59)51-42(28)65-38(41(58)48-29(2)36-14-13-34(61-5)25-37(36)46)15-16-39(56)54(4)32-7-6-8-35(24-32)63-22-21-62-33-11-9-30(10-12-33)49-44(60)52-45-50-31(27-64-45)23-40(57)55-19-17-53(3)18-20-55/h6-14,24-25,28-29,31,38,42,45,50H,15-23,26-27H2,1-5H3,(H,48,58)(H2,47,51,59)(H2,49,52,60)/t28?,29-,31?,38+,42?,45?/m1/s1. The van der Waals surface area contributed by atoms with E-state index < -0.39 is 17.1 Å². The molecule has 3 aliphatic rings. The summed E-state index contributed by atoms with van der Waals surface area (Å²) in [5.74, 6) is 1.23. The van der Waals surface area contributed by atoms with E-state index in [1.54, 1.807) is 86.4 Å². The highest BCUT2D eigenvalue weighted by Gasteiger charge is 2.33. The van der Waals surface area contributed by atoms with Crippen molar-refractivity contribution in [2.45, 2.75) is 61.3 Å². The molecule has 0 radical (unpaired) electrons. The molecule has 6 atom stereocenters. The Bertz CT molecular complexity index is 2120. The SMILES string of the molecule is COc1ccc([C@@H](C)NC(=O)[C@H](CCC(=O)N(C)c2cccc(OCCOc3ccc(NC(=O)NC4NC(CC(=O)N5CCN(C)CC5)CS4)cc3)c2)SC2NC(=O)NCC2C)c(F)c1.